The van der Waals surface area contributed by atoms with Crippen molar-refractivity contribution in [2.24, 2.45) is 0 Å². The van der Waals surface area contributed by atoms with E-state index in [1.165, 1.54) is 12.8 Å². The lowest BCUT2D eigenvalue weighted by molar-refractivity contribution is 0.0951. The normalized spacial score (nSPS) is 13.5. The molecule has 3 aromatic rings. The summed E-state index contributed by atoms with van der Waals surface area (Å²) in [5.41, 5.74) is 3.35. The first kappa shape index (κ1) is 20.8. The van der Waals surface area contributed by atoms with E-state index >= 15 is 0 Å². The van der Waals surface area contributed by atoms with Gasteiger partial charge in [0.2, 0.25) is 0 Å². The Kier molecular flexibility index (Phi) is 6.46. The van der Waals surface area contributed by atoms with Gasteiger partial charge in [0.15, 0.2) is 5.82 Å². The van der Waals surface area contributed by atoms with Gasteiger partial charge in [0, 0.05) is 43.2 Å². The standard InChI is InChI=1S/C25H28N4O2/c1-18(2)31-22-10-8-19(9-11-22)17-28-25(30)21-7-5-6-20(16-21)23-24(27-13-12-26-23)29-14-3-4-15-29/h5-13,16,18H,3-4,14-15,17H2,1-2H3,(H,28,30). The van der Waals surface area contributed by atoms with Crippen molar-refractivity contribution in [2.75, 3.05) is 18.0 Å². The van der Waals surface area contributed by atoms with Crippen LogP contribution in [0.5, 0.6) is 5.75 Å². The van der Waals surface area contributed by atoms with Gasteiger partial charge in [-0.05, 0) is 56.5 Å². The average molecular weight is 417 g/mol. The molecule has 0 radical (unpaired) electrons. The second-order valence-electron chi connectivity index (χ2n) is 8.00. The van der Waals surface area contributed by atoms with Gasteiger partial charge >= 0.3 is 0 Å². The minimum Gasteiger partial charge on any atom is -0.491 e. The van der Waals surface area contributed by atoms with E-state index in [0.717, 1.165) is 41.5 Å². The summed E-state index contributed by atoms with van der Waals surface area (Å²) in [5, 5.41) is 3.00. The lowest BCUT2D eigenvalue weighted by Gasteiger charge is -2.19. The van der Waals surface area contributed by atoms with Crippen LogP contribution in [0, 0.1) is 0 Å². The van der Waals surface area contributed by atoms with Crippen LogP contribution in [-0.4, -0.2) is 35.1 Å². The van der Waals surface area contributed by atoms with Crippen LogP contribution in [0.15, 0.2) is 60.9 Å². The van der Waals surface area contributed by atoms with Gasteiger partial charge in [-0.1, -0.05) is 24.3 Å². The molecule has 1 amide bonds. The van der Waals surface area contributed by atoms with Crippen molar-refractivity contribution in [1.29, 1.82) is 0 Å². The summed E-state index contributed by atoms with van der Waals surface area (Å²) in [6.07, 6.45) is 5.91. The number of benzene rings is 2. The molecule has 0 saturated carbocycles. The largest absolute Gasteiger partial charge is 0.491 e. The average Bonchev–Trinajstić information content (AvgIpc) is 3.33. The molecule has 1 N–H and O–H groups in total. The van der Waals surface area contributed by atoms with Crippen LogP contribution in [0.25, 0.3) is 11.3 Å². The fourth-order valence-electron chi connectivity index (χ4n) is 3.74. The zero-order valence-electron chi connectivity index (χ0n) is 18.0. The quantitative estimate of drug-likeness (QED) is 0.616. The maximum absolute atomic E-state index is 12.8. The number of hydrogen-bond donors (Lipinski definition) is 1. The molecule has 1 saturated heterocycles. The lowest BCUT2D eigenvalue weighted by atomic mass is 10.1. The van der Waals surface area contributed by atoms with Crippen molar-refractivity contribution in [3.63, 3.8) is 0 Å². The first-order chi connectivity index (χ1) is 15.1. The van der Waals surface area contributed by atoms with Crippen molar-refractivity contribution in [1.82, 2.24) is 15.3 Å². The van der Waals surface area contributed by atoms with Gasteiger partial charge < -0.3 is 15.0 Å². The number of amides is 1. The molecule has 0 unspecified atom stereocenters. The van der Waals surface area contributed by atoms with Gasteiger partial charge in [-0.15, -0.1) is 0 Å². The van der Waals surface area contributed by atoms with Crippen LogP contribution >= 0.6 is 0 Å². The summed E-state index contributed by atoms with van der Waals surface area (Å²) in [7, 11) is 0. The summed E-state index contributed by atoms with van der Waals surface area (Å²) >= 11 is 0. The Morgan fingerprint density at radius 3 is 2.55 bits per heavy atom. The van der Waals surface area contributed by atoms with Crippen LogP contribution < -0.4 is 15.0 Å². The van der Waals surface area contributed by atoms with Crippen LogP contribution in [0.3, 0.4) is 0 Å². The summed E-state index contributed by atoms with van der Waals surface area (Å²) in [5.74, 6) is 1.60. The molecule has 4 rings (SSSR count). The minimum atomic E-state index is -0.115. The summed E-state index contributed by atoms with van der Waals surface area (Å²) in [4.78, 5) is 24.2. The molecule has 0 atom stereocenters. The van der Waals surface area contributed by atoms with Crippen LogP contribution in [0.2, 0.25) is 0 Å². The third kappa shape index (κ3) is 5.20. The Balaban J connectivity index is 1.45. The maximum atomic E-state index is 12.8. The molecule has 1 fully saturated rings. The molecular formula is C25H28N4O2. The molecule has 1 aliphatic rings. The van der Waals surface area contributed by atoms with E-state index in [0.29, 0.717) is 12.1 Å². The number of ether oxygens (including phenoxy) is 1. The van der Waals surface area contributed by atoms with Crippen LogP contribution in [0.1, 0.15) is 42.6 Å². The van der Waals surface area contributed by atoms with Crippen molar-refractivity contribution in [3.8, 4) is 17.0 Å². The molecule has 0 bridgehead atoms. The molecule has 1 aliphatic heterocycles. The highest BCUT2D eigenvalue weighted by atomic mass is 16.5. The van der Waals surface area contributed by atoms with Crippen LogP contribution in [0.4, 0.5) is 5.82 Å². The fourth-order valence-corrected chi connectivity index (χ4v) is 3.74. The fraction of sp³-hybridized carbons (Fsp3) is 0.320. The van der Waals surface area contributed by atoms with Crippen molar-refractivity contribution in [3.05, 3.63) is 72.1 Å². The molecule has 6 nitrogen and oxygen atoms in total. The van der Waals surface area contributed by atoms with E-state index in [1.54, 1.807) is 12.4 Å². The third-order valence-corrected chi connectivity index (χ3v) is 5.23. The zero-order valence-corrected chi connectivity index (χ0v) is 18.0. The van der Waals surface area contributed by atoms with E-state index in [4.69, 9.17) is 4.74 Å². The molecule has 6 heteroatoms. The van der Waals surface area contributed by atoms with E-state index < -0.39 is 0 Å². The van der Waals surface area contributed by atoms with Gasteiger partial charge in [-0.3, -0.25) is 9.78 Å². The van der Waals surface area contributed by atoms with Crippen molar-refractivity contribution >= 4 is 11.7 Å². The molecule has 0 aliphatic carbocycles. The first-order valence-corrected chi connectivity index (χ1v) is 10.8. The summed E-state index contributed by atoms with van der Waals surface area (Å²) in [6, 6.07) is 15.4. The highest BCUT2D eigenvalue weighted by molar-refractivity contribution is 5.95. The van der Waals surface area contributed by atoms with E-state index in [-0.39, 0.29) is 12.0 Å². The molecular weight excluding hydrogens is 388 g/mol. The van der Waals surface area contributed by atoms with Gasteiger partial charge in [0.05, 0.1) is 6.10 Å². The van der Waals surface area contributed by atoms with Crippen molar-refractivity contribution in [2.45, 2.75) is 39.3 Å². The SMILES string of the molecule is CC(C)Oc1ccc(CNC(=O)c2cccc(-c3nccnc3N3CCCC3)c2)cc1. The minimum absolute atomic E-state index is 0.115. The monoisotopic (exact) mass is 416 g/mol. The van der Waals surface area contributed by atoms with E-state index in [1.807, 2.05) is 62.4 Å². The van der Waals surface area contributed by atoms with Gasteiger partial charge in [0.1, 0.15) is 11.4 Å². The Hall–Kier alpha value is -3.41. The Morgan fingerprint density at radius 2 is 1.81 bits per heavy atom. The Morgan fingerprint density at radius 1 is 1.06 bits per heavy atom. The number of carbonyl (C=O) groups excluding carboxylic acids is 1. The van der Waals surface area contributed by atoms with Crippen LogP contribution in [-0.2, 0) is 6.54 Å². The smallest absolute Gasteiger partial charge is 0.251 e. The maximum Gasteiger partial charge on any atom is 0.251 e. The third-order valence-electron chi connectivity index (χ3n) is 5.23. The van der Waals surface area contributed by atoms with E-state index in [9.17, 15) is 4.79 Å². The topological polar surface area (TPSA) is 67.3 Å². The number of hydrogen-bond acceptors (Lipinski definition) is 5. The lowest BCUT2D eigenvalue weighted by Crippen LogP contribution is -2.23. The summed E-state index contributed by atoms with van der Waals surface area (Å²) < 4.78 is 5.66. The molecule has 0 spiro atoms. The predicted molar refractivity (Wildman–Crippen MR) is 122 cm³/mol. The number of anilines is 1. The van der Waals surface area contributed by atoms with Gasteiger partial charge in [0.25, 0.3) is 5.91 Å². The summed E-state index contributed by atoms with van der Waals surface area (Å²) in [6.45, 7) is 6.43. The number of nitrogens with one attached hydrogen (secondary N) is 1. The first-order valence-electron chi connectivity index (χ1n) is 10.8. The predicted octanol–water partition coefficient (Wildman–Crippen LogP) is 4.46. The highest BCUT2D eigenvalue weighted by Crippen LogP contribution is 2.29. The molecule has 160 valence electrons. The molecule has 2 aromatic carbocycles. The van der Waals surface area contributed by atoms with Gasteiger partial charge in [-0.25, -0.2) is 4.98 Å². The van der Waals surface area contributed by atoms with E-state index in [2.05, 4.69) is 20.2 Å². The number of nitrogens with zero attached hydrogens (tertiary/aromatic N) is 3. The zero-order chi connectivity index (χ0) is 21.6. The highest BCUT2D eigenvalue weighted by Gasteiger charge is 2.19. The Bertz CT molecular complexity index is 1030. The number of carbonyl (C=O) groups is 1. The van der Waals surface area contributed by atoms with Crippen molar-refractivity contribution < 1.29 is 9.53 Å². The number of rotatable bonds is 7. The second-order valence-corrected chi connectivity index (χ2v) is 8.00. The molecule has 31 heavy (non-hydrogen) atoms. The molecule has 1 aromatic heterocycles. The second kappa shape index (κ2) is 9.60. The molecule has 2 heterocycles. The van der Waals surface area contributed by atoms with Gasteiger partial charge in [-0.2, -0.15) is 0 Å². The number of aromatic nitrogens is 2. The Labute approximate surface area is 183 Å².